The van der Waals surface area contributed by atoms with E-state index in [4.69, 9.17) is 88.6 Å². The summed E-state index contributed by atoms with van der Waals surface area (Å²) in [6, 6.07) is 0. The van der Waals surface area contributed by atoms with E-state index in [1.807, 2.05) is 0 Å². The lowest BCUT2D eigenvalue weighted by atomic mass is 9.97. The molecule has 0 aromatic rings. The van der Waals surface area contributed by atoms with Crippen LogP contribution in [0.3, 0.4) is 0 Å². The predicted octanol–water partition coefficient (Wildman–Crippen LogP) is 5.08. The SMILES string of the molecule is CCCCCCCC/C=C\CCCCCCC(C)C(=O)O[C@H]1[C@H](O)[C@@H](CO)O[C@@]1(CO)O[C@H]1O[C@H](CO)[C@@H](O)[C@H](O)[C@H]1O.Cl[C@H]1[C@H](Cl)[C@@H](Cl)[C@@H](Cl)[C@H](Cl)[C@H]1Cl. The smallest absolute Gasteiger partial charge is 0.309 e. The van der Waals surface area contributed by atoms with Gasteiger partial charge in [-0.2, -0.15) is 0 Å². The average molecular weight is 912 g/mol. The van der Waals surface area contributed by atoms with Crippen LogP contribution in [0.1, 0.15) is 97.3 Å². The minimum Gasteiger partial charge on any atom is -0.453 e. The standard InChI is InChI=1S/C31H56O12.C6H6Cl6/c1-3-4-5-6-7-8-9-10-11-12-13-14-15-16-17-21(2)29(39)41-28-25(36)23(19-33)42-31(28,20-34)43-30-27(38)26(37)24(35)22(18-32)40-30;7-1-2(8)4(10)6(12)5(11)3(1)9/h10-11,21-28,30,32-38H,3-9,12-20H2,1-2H3;1-6H/b11-10-;/t21?,22-,23-,24-,25-,26+,27-,28+,30-,31+;1-,2-,3-,4+,5+,6+/m1./s1. The van der Waals surface area contributed by atoms with Gasteiger partial charge < -0.3 is 54.7 Å². The molecule has 2 aliphatic heterocycles. The first-order valence-corrected chi connectivity index (χ1v) is 22.0. The van der Waals surface area contributed by atoms with E-state index in [1.165, 1.54) is 38.5 Å². The Balaban J connectivity index is 0.000000737. The van der Waals surface area contributed by atoms with Crippen molar-refractivity contribution in [3.05, 3.63) is 12.2 Å². The average Bonchev–Trinajstić information content (AvgIpc) is 3.45. The van der Waals surface area contributed by atoms with Gasteiger partial charge in [0.05, 0.1) is 51.4 Å². The Hall–Kier alpha value is 0.550. The van der Waals surface area contributed by atoms with Crippen LogP contribution in [0.25, 0.3) is 0 Å². The van der Waals surface area contributed by atoms with Gasteiger partial charge in [0, 0.05) is 0 Å². The first kappa shape index (κ1) is 51.7. The molecule has 3 fully saturated rings. The summed E-state index contributed by atoms with van der Waals surface area (Å²) in [6.07, 6.45) is 6.11. The zero-order valence-corrected chi connectivity index (χ0v) is 36.1. The van der Waals surface area contributed by atoms with Gasteiger partial charge >= 0.3 is 5.97 Å². The molecule has 2 saturated heterocycles. The number of alkyl halides is 6. The highest BCUT2D eigenvalue weighted by atomic mass is 35.5. The number of hydrogen-bond donors (Lipinski definition) is 7. The van der Waals surface area contributed by atoms with Crippen LogP contribution >= 0.6 is 69.6 Å². The maximum absolute atomic E-state index is 13.0. The molecule has 3 aliphatic rings. The second kappa shape index (κ2) is 26.7. The molecule has 12 nitrogen and oxygen atoms in total. The molecule has 55 heavy (non-hydrogen) atoms. The molecule has 18 heteroatoms. The van der Waals surface area contributed by atoms with Crippen LogP contribution < -0.4 is 0 Å². The van der Waals surface area contributed by atoms with Crippen molar-refractivity contribution in [1.29, 1.82) is 0 Å². The van der Waals surface area contributed by atoms with Crippen molar-refractivity contribution in [2.24, 2.45) is 5.92 Å². The maximum Gasteiger partial charge on any atom is 0.309 e. The van der Waals surface area contributed by atoms with Crippen LogP contribution in [0.2, 0.25) is 0 Å². The third kappa shape index (κ3) is 15.2. The van der Waals surface area contributed by atoms with E-state index in [0.717, 1.165) is 38.5 Å². The van der Waals surface area contributed by atoms with Crippen LogP contribution in [0.4, 0.5) is 0 Å². The molecule has 0 radical (unpaired) electrons. The summed E-state index contributed by atoms with van der Waals surface area (Å²) in [5.74, 6) is -3.47. The van der Waals surface area contributed by atoms with Gasteiger partial charge in [0.1, 0.15) is 43.2 Å². The number of hydrogen-bond acceptors (Lipinski definition) is 12. The fourth-order valence-corrected chi connectivity index (χ4v) is 8.86. The van der Waals surface area contributed by atoms with Crippen LogP contribution in [-0.4, -0.2) is 149 Å². The van der Waals surface area contributed by atoms with Crippen molar-refractivity contribution in [1.82, 2.24) is 0 Å². The topological polar surface area (TPSA) is 196 Å². The zero-order chi connectivity index (χ0) is 41.3. The second-order valence-electron chi connectivity index (χ2n) is 14.6. The van der Waals surface area contributed by atoms with Gasteiger partial charge in [0.25, 0.3) is 0 Å². The number of ether oxygens (including phenoxy) is 4. The second-order valence-corrected chi connectivity index (χ2v) is 17.6. The fourth-order valence-electron chi connectivity index (χ4n) is 6.53. The highest BCUT2D eigenvalue weighted by Crippen LogP contribution is 2.40. The number of halogens is 6. The first-order valence-electron chi connectivity index (χ1n) is 19.4. The lowest BCUT2D eigenvalue weighted by molar-refractivity contribution is -0.384. The van der Waals surface area contributed by atoms with Crippen LogP contribution in [0.15, 0.2) is 12.2 Å². The molecule has 1 aliphatic carbocycles. The summed E-state index contributed by atoms with van der Waals surface area (Å²) in [4.78, 5) is 13.0. The monoisotopic (exact) mass is 908 g/mol. The maximum atomic E-state index is 13.0. The van der Waals surface area contributed by atoms with E-state index in [9.17, 15) is 40.5 Å². The van der Waals surface area contributed by atoms with Crippen molar-refractivity contribution in [2.45, 2.75) is 184 Å². The predicted molar refractivity (Wildman–Crippen MR) is 214 cm³/mol. The first-order chi connectivity index (χ1) is 26.1. The molecule has 0 aromatic heterocycles. The minimum absolute atomic E-state index is 0.437. The molecule has 1 unspecified atom stereocenters. The third-order valence-electron chi connectivity index (χ3n) is 10.2. The zero-order valence-electron chi connectivity index (χ0n) is 31.6. The lowest BCUT2D eigenvalue weighted by Gasteiger charge is -2.43. The summed E-state index contributed by atoms with van der Waals surface area (Å²) in [7, 11) is 0. The molecule has 0 bridgehead atoms. The van der Waals surface area contributed by atoms with E-state index in [2.05, 4.69) is 19.1 Å². The van der Waals surface area contributed by atoms with Gasteiger partial charge in [-0.1, -0.05) is 77.4 Å². The Morgan fingerprint density at radius 1 is 0.673 bits per heavy atom. The van der Waals surface area contributed by atoms with E-state index >= 15 is 0 Å². The summed E-state index contributed by atoms with van der Waals surface area (Å²) < 4.78 is 22.1. The third-order valence-corrected chi connectivity index (χ3v) is 14.2. The molecule has 7 N–H and O–H groups in total. The summed E-state index contributed by atoms with van der Waals surface area (Å²) >= 11 is 35.3. The van der Waals surface area contributed by atoms with Crippen molar-refractivity contribution >= 4 is 75.6 Å². The van der Waals surface area contributed by atoms with Gasteiger partial charge in [-0.25, -0.2) is 0 Å². The van der Waals surface area contributed by atoms with E-state index in [-0.39, 0.29) is 0 Å². The molecular weight excluding hydrogens is 849 g/mol. The lowest BCUT2D eigenvalue weighted by Crippen LogP contribution is -2.63. The van der Waals surface area contributed by atoms with Crippen molar-refractivity contribution in [3.8, 4) is 0 Å². The Kier molecular flexibility index (Phi) is 25.1. The quantitative estimate of drug-likeness (QED) is 0.0350. The van der Waals surface area contributed by atoms with E-state index in [0.29, 0.717) is 6.42 Å². The number of aliphatic hydroxyl groups is 7. The van der Waals surface area contributed by atoms with Gasteiger partial charge in [0.15, 0.2) is 12.4 Å². The molecule has 1 saturated carbocycles. The van der Waals surface area contributed by atoms with E-state index in [1.54, 1.807) is 6.92 Å². The minimum atomic E-state index is -2.27. The number of allylic oxidation sites excluding steroid dienone is 2. The van der Waals surface area contributed by atoms with Crippen LogP contribution in [-0.2, 0) is 23.7 Å². The van der Waals surface area contributed by atoms with Crippen molar-refractivity contribution in [2.75, 3.05) is 19.8 Å². The van der Waals surface area contributed by atoms with Crippen molar-refractivity contribution < 1.29 is 59.5 Å². The number of carbonyl (C=O) groups is 1. The summed E-state index contributed by atoms with van der Waals surface area (Å²) in [5.41, 5.74) is 0. The Morgan fingerprint density at radius 3 is 1.62 bits per heavy atom. The molecule has 0 amide bonds. The van der Waals surface area contributed by atoms with Gasteiger partial charge in [-0.3, -0.25) is 4.79 Å². The summed E-state index contributed by atoms with van der Waals surface area (Å²) in [6.45, 7) is 1.53. The number of esters is 1. The summed E-state index contributed by atoms with van der Waals surface area (Å²) in [5, 5.41) is 68.0. The Labute approximate surface area is 355 Å². The number of aliphatic hydroxyl groups excluding tert-OH is 7. The van der Waals surface area contributed by atoms with E-state index < -0.39 is 119 Å². The normalized spacial score (nSPS) is 38.5. The number of unbranched alkanes of at least 4 members (excludes halogenated alkanes) is 10. The fraction of sp³-hybridized carbons (Fsp3) is 0.919. The molecule has 10 atom stereocenters. The highest BCUT2D eigenvalue weighted by molar-refractivity contribution is 6.45. The van der Waals surface area contributed by atoms with Crippen LogP contribution in [0, 0.1) is 5.92 Å². The number of carbonyl (C=O) groups excluding carboxylic acids is 1. The largest absolute Gasteiger partial charge is 0.453 e. The highest BCUT2D eigenvalue weighted by Gasteiger charge is 2.61. The molecule has 324 valence electrons. The van der Waals surface area contributed by atoms with Crippen LogP contribution in [0.5, 0.6) is 0 Å². The van der Waals surface area contributed by atoms with Gasteiger partial charge in [0.2, 0.25) is 5.79 Å². The molecular formula is C37H62Cl6O12. The molecule has 3 rings (SSSR count). The molecule has 2 heterocycles. The Morgan fingerprint density at radius 2 is 1.15 bits per heavy atom. The van der Waals surface area contributed by atoms with Gasteiger partial charge in [-0.05, 0) is 32.1 Å². The molecule has 0 spiro atoms. The van der Waals surface area contributed by atoms with Crippen molar-refractivity contribution in [3.63, 3.8) is 0 Å². The number of rotatable bonds is 21. The van der Waals surface area contributed by atoms with Gasteiger partial charge in [-0.15, -0.1) is 69.6 Å². The Bertz CT molecular complexity index is 1040. The molecule has 0 aromatic carbocycles.